The normalized spacial score (nSPS) is 13.8. The van der Waals surface area contributed by atoms with Crippen molar-refractivity contribution in [3.05, 3.63) is 65.2 Å². The second-order valence-electron chi connectivity index (χ2n) is 4.77. The van der Waals surface area contributed by atoms with Gasteiger partial charge in [0.15, 0.2) is 0 Å². The van der Waals surface area contributed by atoms with Gasteiger partial charge < -0.3 is 4.90 Å². The zero-order chi connectivity index (χ0) is 12.5. The van der Waals surface area contributed by atoms with Crippen LogP contribution >= 0.6 is 0 Å². The Morgan fingerprint density at radius 1 is 1.11 bits per heavy atom. The van der Waals surface area contributed by atoms with Crippen LogP contribution < -0.4 is 4.90 Å². The van der Waals surface area contributed by atoms with Crippen molar-refractivity contribution in [1.29, 1.82) is 0 Å². The summed E-state index contributed by atoms with van der Waals surface area (Å²) in [4.78, 5) is 14.0. The molecule has 2 heteroatoms. The highest BCUT2D eigenvalue weighted by Gasteiger charge is 2.26. The fraction of sp³-hybridized carbons (Fsp3) is 0.188. The Morgan fingerprint density at radius 3 is 2.67 bits per heavy atom. The third-order valence-corrected chi connectivity index (χ3v) is 3.35. The predicted octanol–water partition coefficient (Wildman–Crippen LogP) is 3.08. The number of hydrogen-bond acceptors (Lipinski definition) is 1. The molecule has 1 amide bonds. The second-order valence-corrected chi connectivity index (χ2v) is 4.77. The second kappa shape index (κ2) is 4.30. The highest BCUT2D eigenvalue weighted by atomic mass is 16.2. The molecule has 1 aliphatic rings. The minimum atomic E-state index is 0.194. The Morgan fingerprint density at radius 2 is 1.89 bits per heavy atom. The van der Waals surface area contributed by atoms with Crippen LogP contribution in [-0.4, -0.2) is 5.91 Å². The Labute approximate surface area is 107 Å². The number of carbonyl (C=O) groups is 1. The number of carbonyl (C=O) groups excluding carboxylic acids is 1. The van der Waals surface area contributed by atoms with E-state index in [2.05, 4.69) is 37.3 Å². The van der Waals surface area contributed by atoms with Crippen molar-refractivity contribution in [2.75, 3.05) is 4.90 Å². The molecule has 0 N–H and O–H groups in total. The molecule has 90 valence electrons. The number of aryl methyl sites for hydroxylation is 1. The van der Waals surface area contributed by atoms with Crippen molar-refractivity contribution < 1.29 is 4.79 Å². The molecule has 1 heterocycles. The summed E-state index contributed by atoms with van der Waals surface area (Å²) in [7, 11) is 0. The minimum Gasteiger partial charge on any atom is -0.307 e. The largest absolute Gasteiger partial charge is 0.307 e. The molecule has 0 bridgehead atoms. The van der Waals surface area contributed by atoms with Gasteiger partial charge in [0, 0.05) is 5.69 Å². The van der Waals surface area contributed by atoms with Gasteiger partial charge in [-0.25, -0.2) is 0 Å². The van der Waals surface area contributed by atoms with E-state index in [0.717, 1.165) is 11.3 Å². The molecule has 0 spiro atoms. The summed E-state index contributed by atoms with van der Waals surface area (Å²) in [5, 5.41) is 0. The molecule has 0 aromatic heterocycles. The van der Waals surface area contributed by atoms with Crippen LogP contribution in [0.4, 0.5) is 5.69 Å². The molecule has 18 heavy (non-hydrogen) atoms. The van der Waals surface area contributed by atoms with Crippen LogP contribution in [0.1, 0.15) is 16.7 Å². The average molecular weight is 237 g/mol. The molecular weight excluding hydrogens is 222 g/mol. The molecule has 0 atom stereocenters. The van der Waals surface area contributed by atoms with Crippen molar-refractivity contribution in [3.63, 3.8) is 0 Å². The summed E-state index contributed by atoms with van der Waals surface area (Å²) in [5.41, 5.74) is 4.59. The van der Waals surface area contributed by atoms with Crippen molar-refractivity contribution in [2.45, 2.75) is 19.9 Å². The zero-order valence-electron chi connectivity index (χ0n) is 10.4. The number of amides is 1. The standard InChI is InChI=1S/C16H15NO/c1-12-7-8-15-14(9-12)10-16(18)17(15)11-13-5-3-2-4-6-13/h2-9H,10-11H2,1H3. The average Bonchev–Trinajstić information content (AvgIpc) is 2.66. The Balaban J connectivity index is 1.93. The van der Waals surface area contributed by atoms with Gasteiger partial charge in [0.05, 0.1) is 13.0 Å². The fourth-order valence-electron chi connectivity index (χ4n) is 2.45. The van der Waals surface area contributed by atoms with E-state index in [1.807, 2.05) is 23.1 Å². The van der Waals surface area contributed by atoms with Crippen LogP contribution in [0.3, 0.4) is 0 Å². The SMILES string of the molecule is Cc1ccc2c(c1)CC(=O)N2Cc1ccccc1. The topological polar surface area (TPSA) is 20.3 Å². The Hall–Kier alpha value is -2.09. The van der Waals surface area contributed by atoms with Gasteiger partial charge in [0.25, 0.3) is 0 Å². The van der Waals surface area contributed by atoms with Crippen LogP contribution in [0, 0.1) is 6.92 Å². The van der Waals surface area contributed by atoms with Crippen molar-refractivity contribution >= 4 is 11.6 Å². The summed E-state index contributed by atoms with van der Waals surface area (Å²) in [6.45, 7) is 2.72. The zero-order valence-corrected chi connectivity index (χ0v) is 10.4. The third-order valence-electron chi connectivity index (χ3n) is 3.35. The molecule has 0 unspecified atom stereocenters. The van der Waals surface area contributed by atoms with E-state index in [9.17, 15) is 4.79 Å². The van der Waals surface area contributed by atoms with Crippen molar-refractivity contribution in [3.8, 4) is 0 Å². The molecule has 2 aromatic rings. The molecule has 0 saturated carbocycles. The Bertz CT molecular complexity index is 589. The van der Waals surface area contributed by atoms with Gasteiger partial charge in [-0.3, -0.25) is 4.79 Å². The summed E-state index contributed by atoms with van der Waals surface area (Å²) in [6, 6.07) is 16.3. The number of nitrogens with zero attached hydrogens (tertiary/aromatic N) is 1. The highest BCUT2D eigenvalue weighted by Crippen LogP contribution is 2.30. The monoisotopic (exact) mass is 237 g/mol. The number of benzene rings is 2. The number of anilines is 1. The quantitative estimate of drug-likeness (QED) is 0.786. The third kappa shape index (κ3) is 1.90. The van der Waals surface area contributed by atoms with Gasteiger partial charge in [-0.2, -0.15) is 0 Å². The van der Waals surface area contributed by atoms with Crippen LogP contribution in [0.15, 0.2) is 48.5 Å². The molecular formula is C16H15NO. The lowest BCUT2D eigenvalue weighted by atomic mass is 10.1. The van der Waals surface area contributed by atoms with E-state index < -0.39 is 0 Å². The maximum absolute atomic E-state index is 12.1. The first-order chi connectivity index (χ1) is 8.74. The van der Waals surface area contributed by atoms with E-state index >= 15 is 0 Å². The van der Waals surface area contributed by atoms with Crippen molar-refractivity contribution in [2.24, 2.45) is 0 Å². The highest BCUT2D eigenvalue weighted by molar-refractivity contribution is 6.01. The van der Waals surface area contributed by atoms with Gasteiger partial charge >= 0.3 is 0 Å². The summed E-state index contributed by atoms with van der Waals surface area (Å²) in [5.74, 6) is 0.194. The fourth-order valence-corrected chi connectivity index (χ4v) is 2.45. The lowest BCUT2D eigenvalue weighted by molar-refractivity contribution is -0.117. The van der Waals surface area contributed by atoms with E-state index in [0.29, 0.717) is 13.0 Å². The maximum atomic E-state index is 12.1. The van der Waals surface area contributed by atoms with Crippen LogP contribution in [0.2, 0.25) is 0 Å². The van der Waals surface area contributed by atoms with Crippen LogP contribution in [-0.2, 0) is 17.8 Å². The van der Waals surface area contributed by atoms with Gasteiger partial charge in [0.2, 0.25) is 5.91 Å². The minimum absolute atomic E-state index is 0.194. The first-order valence-electron chi connectivity index (χ1n) is 6.18. The lowest BCUT2D eigenvalue weighted by Gasteiger charge is -2.17. The van der Waals surface area contributed by atoms with Crippen molar-refractivity contribution in [1.82, 2.24) is 0 Å². The van der Waals surface area contributed by atoms with E-state index in [-0.39, 0.29) is 5.91 Å². The van der Waals surface area contributed by atoms with Gasteiger partial charge in [-0.05, 0) is 24.1 Å². The number of rotatable bonds is 2. The Kier molecular flexibility index (Phi) is 2.63. The van der Waals surface area contributed by atoms with Crippen LogP contribution in [0.25, 0.3) is 0 Å². The lowest BCUT2D eigenvalue weighted by Crippen LogP contribution is -2.25. The summed E-state index contributed by atoms with van der Waals surface area (Å²) < 4.78 is 0. The van der Waals surface area contributed by atoms with E-state index in [1.165, 1.54) is 11.1 Å². The van der Waals surface area contributed by atoms with Gasteiger partial charge in [-0.1, -0.05) is 48.0 Å². The maximum Gasteiger partial charge on any atom is 0.231 e. The molecule has 0 aliphatic carbocycles. The summed E-state index contributed by atoms with van der Waals surface area (Å²) >= 11 is 0. The molecule has 0 radical (unpaired) electrons. The van der Waals surface area contributed by atoms with Gasteiger partial charge in [0.1, 0.15) is 0 Å². The number of fused-ring (bicyclic) bond motifs is 1. The first-order valence-corrected chi connectivity index (χ1v) is 6.18. The molecule has 2 aromatic carbocycles. The smallest absolute Gasteiger partial charge is 0.231 e. The van der Waals surface area contributed by atoms with Crippen LogP contribution in [0.5, 0.6) is 0 Å². The van der Waals surface area contributed by atoms with E-state index in [1.54, 1.807) is 0 Å². The molecule has 3 rings (SSSR count). The first kappa shape index (κ1) is 11.0. The predicted molar refractivity (Wildman–Crippen MR) is 72.5 cm³/mol. The molecule has 0 saturated heterocycles. The molecule has 0 fully saturated rings. The molecule has 1 aliphatic heterocycles. The number of hydrogen-bond donors (Lipinski definition) is 0. The summed E-state index contributed by atoms with van der Waals surface area (Å²) in [6.07, 6.45) is 0.532. The van der Waals surface area contributed by atoms with Gasteiger partial charge in [-0.15, -0.1) is 0 Å². The molecule has 2 nitrogen and oxygen atoms in total. The van der Waals surface area contributed by atoms with E-state index in [4.69, 9.17) is 0 Å².